The third-order valence-corrected chi connectivity index (χ3v) is 3.86. The molecule has 0 fully saturated rings. The average Bonchev–Trinajstić information content (AvgIpc) is 2.92. The Labute approximate surface area is 123 Å². The third kappa shape index (κ3) is 4.10. The highest BCUT2D eigenvalue weighted by Gasteiger charge is 2.10. The van der Waals surface area contributed by atoms with Gasteiger partial charge in [-0.15, -0.1) is 11.3 Å². The number of hydrogen-bond donors (Lipinski definition) is 1. The van der Waals surface area contributed by atoms with Gasteiger partial charge in [0, 0.05) is 4.88 Å². The Morgan fingerprint density at radius 1 is 1.30 bits per heavy atom. The Hall–Kier alpha value is -1.81. The van der Waals surface area contributed by atoms with E-state index in [9.17, 15) is 4.79 Å². The predicted octanol–water partition coefficient (Wildman–Crippen LogP) is 3.57. The zero-order valence-electron chi connectivity index (χ0n) is 11.8. The molecule has 1 atom stereocenters. The highest BCUT2D eigenvalue weighted by atomic mass is 32.1. The van der Waals surface area contributed by atoms with Gasteiger partial charge in [-0.25, -0.2) is 0 Å². The molecular formula is C16H19NO2S. The van der Waals surface area contributed by atoms with Crippen molar-refractivity contribution < 1.29 is 9.53 Å². The van der Waals surface area contributed by atoms with Crippen LogP contribution in [0.3, 0.4) is 0 Å². The van der Waals surface area contributed by atoms with Gasteiger partial charge < -0.3 is 10.1 Å². The monoisotopic (exact) mass is 289 g/mol. The molecule has 0 saturated carbocycles. The van der Waals surface area contributed by atoms with Gasteiger partial charge in [0.2, 0.25) is 5.91 Å². The second-order valence-corrected chi connectivity index (χ2v) is 5.58. The van der Waals surface area contributed by atoms with Crippen LogP contribution in [0.25, 0.3) is 0 Å². The van der Waals surface area contributed by atoms with Crippen molar-refractivity contribution in [2.45, 2.75) is 26.3 Å². The Morgan fingerprint density at radius 2 is 2.05 bits per heavy atom. The van der Waals surface area contributed by atoms with Crippen LogP contribution < -0.4 is 10.1 Å². The maximum atomic E-state index is 11.9. The van der Waals surface area contributed by atoms with Crippen LogP contribution in [0.2, 0.25) is 0 Å². The van der Waals surface area contributed by atoms with E-state index in [-0.39, 0.29) is 11.9 Å². The van der Waals surface area contributed by atoms with Crippen molar-refractivity contribution in [1.29, 1.82) is 0 Å². The molecular weight excluding hydrogens is 270 g/mol. The van der Waals surface area contributed by atoms with Crippen molar-refractivity contribution in [3.05, 3.63) is 52.2 Å². The fourth-order valence-electron chi connectivity index (χ4n) is 1.97. The normalized spacial score (nSPS) is 11.9. The van der Waals surface area contributed by atoms with Crippen LogP contribution >= 0.6 is 11.3 Å². The molecule has 106 valence electrons. The van der Waals surface area contributed by atoms with Crippen molar-refractivity contribution in [2.24, 2.45) is 0 Å². The molecule has 0 aliphatic heterocycles. The van der Waals surface area contributed by atoms with E-state index >= 15 is 0 Å². The van der Waals surface area contributed by atoms with E-state index in [1.54, 1.807) is 11.3 Å². The lowest BCUT2D eigenvalue weighted by atomic mass is 10.1. The van der Waals surface area contributed by atoms with Crippen LogP contribution in [0, 0.1) is 0 Å². The summed E-state index contributed by atoms with van der Waals surface area (Å²) in [4.78, 5) is 13.0. The average molecular weight is 289 g/mol. The fourth-order valence-corrected chi connectivity index (χ4v) is 2.67. The van der Waals surface area contributed by atoms with E-state index in [0.717, 1.165) is 16.2 Å². The molecule has 1 aromatic carbocycles. The SMILES string of the molecule is CCOc1ccc([C@@H](C)NC(=O)Cc2cccs2)cc1. The van der Waals surface area contributed by atoms with Gasteiger partial charge in [0.05, 0.1) is 19.1 Å². The molecule has 0 aliphatic rings. The van der Waals surface area contributed by atoms with Crippen LogP contribution in [-0.4, -0.2) is 12.5 Å². The van der Waals surface area contributed by atoms with Crippen LogP contribution in [0.5, 0.6) is 5.75 Å². The maximum absolute atomic E-state index is 11.9. The second kappa shape index (κ2) is 7.10. The Kier molecular flexibility index (Phi) is 5.18. The highest BCUT2D eigenvalue weighted by molar-refractivity contribution is 7.10. The first-order valence-electron chi connectivity index (χ1n) is 6.73. The molecule has 3 nitrogen and oxygen atoms in total. The number of benzene rings is 1. The molecule has 1 amide bonds. The first-order valence-corrected chi connectivity index (χ1v) is 7.61. The largest absolute Gasteiger partial charge is 0.494 e. The zero-order chi connectivity index (χ0) is 14.4. The van der Waals surface area contributed by atoms with Crippen molar-refractivity contribution in [2.75, 3.05) is 6.61 Å². The molecule has 2 rings (SSSR count). The highest BCUT2D eigenvalue weighted by Crippen LogP contribution is 2.18. The Balaban J connectivity index is 1.90. The minimum atomic E-state index is -0.00172. The van der Waals surface area contributed by atoms with Gasteiger partial charge in [-0.2, -0.15) is 0 Å². The van der Waals surface area contributed by atoms with Crippen molar-refractivity contribution in [3.63, 3.8) is 0 Å². The van der Waals surface area contributed by atoms with Gasteiger partial charge in [-0.1, -0.05) is 18.2 Å². The third-order valence-electron chi connectivity index (χ3n) is 2.98. The molecule has 0 spiro atoms. The molecule has 20 heavy (non-hydrogen) atoms. The molecule has 0 radical (unpaired) electrons. The number of carbonyl (C=O) groups is 1. The smallest absolute Gasteiger partial charge is 0.225 e. The second-order valence-electron chi connectivity index (χ2n) is 4.55. The van der Waals surface area contributed by atoms with Crippen molar-refractivity contribution in [1.82, 2.24) is 5.32 Å². The topological polar surface area (TPSA) is 38.3 Å². The summed E-state index contributed by atoms with van der Waals surface area (Å²) in [5, 5.41) is 5.00. The maximum Gasteiger partial charge on any atom is 0.225 e. The molecule has 1 heterocycles. The predicted molar refractivity (Wildman–Crippen MR) is 82.2 cm³/mol. The first-order chi connectivity index (χ1) is 9.69. The standard InChI is InChI=1S/C16H19NO2S/c1-3-19-14-8-6-13(7-9-14)12(2)17-16(18)11-15-5-4-10-20-15/h4-10,12H,3,11H2,1-2H3,(H,17,18)/t12-/m1/s1. The van der Waals surface area contributed by atoms with E-state index < -0.39 is 0 Å². The van der Waals surface area contributed by atoms with E-state index in [4.69, 9.17) is 4.74 Å². The molecule has 2 aromatic rings. The molecule has 0 aliphatic carbocycles. The van der Waals surface area contributed by atoms with Crippen molar-refractivity contribution in [3.8, 4) is 5.75 Å². The van der Waals surface area contributed by atoms with Gasteiger partial charge in [0.25, 0.3) is 0 Å². The summed E-state index contributed by atoms with van der Waals surface area (Å²) in [5.74, 6) is 0.905. The fraction of sp³-hybridized carbons (Fsp3) is 0.312. The summed E-state index contributed by atoms with van der Waals surface area (Å²) in [5.41, 5.74) is 1.08. The van der Waals surface area contributed by atoms with Gasteiger partial charge in [0.1, 0.15) is 5.75 Å². The zero-order valence-corrected chi connectivity index (χ0v) is 12.6. The van der Waals surface area contributed by atoms with Gasteiger partial charge in [-0.3, -0.25) is 4.79 Å². The Bertz CT molecular complexity index is 534. The minimum absolute atomic E-state index is 0.00172. The number of rotatable bonds is 6. The lowest BCUT2D eigenvalue weighted by Gasteiger charge is -2.14. The summed E-state index contributed by atoms with van der Waals surface area (Å²) in [6, 6.07) is 11.8. The van der Waals surface area contributed by atoms with Crippen LogP contribution in [-0.2, 0) is 11.2 Å². The van der Waals surface area contributed by atoms with Crippen LogP contribution in [0.15, 0.2) is 41.8 Å². The molecule has 0 bridgehead atoms. The summed E-state index contributed by atoms with van der Waals surface area (Å²) >= 11 is 1.60. The number of hydrogen-bond acceptors (Lipinski definition) is 3. The lowest BCUT2D eigenvalue weighted by molar-refractivity contribution is -0.121. The van der Waals surface area contributed by atoms with E-state index in [0.29, 0.717) is 13.0 Å². The van der Waals surface area contributed by atoms with E-state index in [2.05, 4.69) is 5.32 Å². The summed E-state index contributed by atoms with van der Waals surface area (Å²) in [7, 11) is 0. The number of carbonyl (C=O) groups excluding carboxylic acids is 1. The lowest BCUT2D eigenvalue weighted by Crippen LogP contribution is -2.27. The summed E-state index contributed by atoms with van der Waals surface area (Å²) in [6.45, 7) is 4.61. The number of amides is 1. The number of thiophene rings is 1. The number of nitrogens with one attached hydrogen (secondary N) is 1. The molecule has 1 N–H and O–H groups in total. The minimum Gasteiger partial charge on any atom is -0.494 e. The van der Waals surface area contributed by atoms with E-state index in [1.165, 1.54) is 0 Å². The first kappa shape index (κ1) is 14.6. The summed E-state index contributed by atoms with van der Waals surface area (Å²) < 4.78 is 5.41. The number of ether oxygens (including phenoxy) is 1. The van der Waals surface area contributed by atoms with Gasteiger partial charge in [0.15, 0.2) is 0 Å². The van der Waals surface area contributed by atoms with Crippen LogP contribution in [0.4, 0.5) is 0 Å². The van der Waals surface area contributed by atoms with Gasteiger partial charge >= 0.3 is 0 Å². The Morgan fingerprint density at radius 3 is 2.65 bits per heavy atom. The molecule has 4 heteroatoms. The molecule has 0 saturated heterocycles. The quantitative estimate of drug-likeness (QED) is 0.883. The molecule has 1 aromatic heterocycles. The van der Waals surface area contributed by atoms with Crippen LogP contribution in [0.1, 0.15) is 30.3 Å². The summed E-state index contributed by atoms with van der Waals surface area (Å²) in [6.07, 6.45) is 0.443. The van der Waals surface area contributed by atoms with Gasteiger partial charge in [-0.05, 0) is 43.0 Å². The molecule has 0 unspecified atom stereocenters. The van der Waals surface area contributed by atoms with Crippen molar-refractivity contribution >= 4 is 17.2 Å². The van der Waals surface area contributed by atoms with E-state index in [1.807, 2.05) is 55.6 Å².